The molecule has 132 valence electrons. The highest BCUT2D eigenvalue weighted by molar-refractivity contribution is 7.12. The van der Waals surface area contributed by atoms with Gasteiger partial charge in [0.15, 0.2) is 0 Å². The Morgan fingerprint density at radius 2 is 1.64 bits per heavy atom. The summed E-state index contributed by atoms with van der Waals surface area (Å²) in [5, 5.41) is 10.6. The van der Waals surface area contributed by atoms with Crippen molar-refractivity contribution in [3.63, 3.8) is 0 Å². The maximum Gasteiger partial charge on any atom is 0.319 e. The van der Waals surface area contributed by atoms with E-state index < -0.39 is 0 Å². The first kappa shape index (κ1) is 17.5. The average Bonchev–Trinajstić information content (AvgIpc) is 3.01. The molecule has 1 aliphatic carbocycles. The molecule has 0 spiro atoms. The number of amides is 3. The Bertz CT molecular complexity index is 707. The van der Waals surface area contributed by atoms with E-state index in [1.165, 1.54) is 37.0 Å². The fourth-order valence-electron chi connectivity index (χ4n) is 3.05. The van der Waals surface area contributed by atoms with E-state index in [9.17, 15) is 9.59 Å². The third-order valence-electron chi connectivity index (χ3n) is 4.31. The number of rotatable bonds is 4. The first-order valence-corrected chi connectivity index (χ1v) is 9.61. The normalized spacial score (nSPS) is 15.2. The average molecular weight is 357 g/mol. The molecular formula is C19H23N3O2S. The Hall–Kier alpha value is -2.34. The lowest BCUT2D eigenvalue weighted by Crippen LogP contribution is -2.37. The second-order valence-corrected chi connectivity index (χ2v) is 7.25. The Balaban J connectivity index is 1.55. The number of anilines is 2. The van der Waals surface area contributed by atoms with Crippen LogP contribution in [-0.2, 0) is 0 Å². The predicted octanol–water partition coefficient (Wildman–Crippen LogP) is 4.84. The molecule has 0 saturated heterocycles. The van der Waals surface area contributed by atoms with Crippen molar-refractivity contribution in [1.29, 1.82) is 0 Å². The van der Waals surface area contributed by atoms with E-state index in [2.05, 4.69) is 16.0 Å². The molecule has 0 atom stereocenters. The molecular weight excluding hydrogens is 334 g/mol. The lowest BCUT2D eigenvalue weighted by atomic mass is 10.1. The Morgan fingerprint density at radius 1 is 0.920 bits per heavy atom. The highest BCUT2D eigenvalue weighted by Gasteiger charge is 2.15. The summed E-state index contributed by atoms with van der Waals surface area (Å²) in [6.07, 6.45) is 6.95. The molecule has 1 aromatic carbocycles. The summed E-state index contributed by atoms with van der Waals surface area (Å²) in [6.45, 7) is 0. The van der Waals surface area contributed by atoms with E-state index in [0.29, 0.717) is 16.3 Å². The molecule has 0 radical (unpaired) electrons. The number of hydrogen-bond acceptors (Lipinski definition) is 3. The minimum Gasteiger partial charge on any atom is -0.335 e. The molecule has 0 bridgehead atoms. The Morgan fingerprint density at radius 3 is 2.32 bits per heavy atom. The summed E-state index contributed by atoms with van der Waals surface area (Å²) < 4.78 is 0. The largest absolute Gasteiger partial charge is 0.335 e. The van der Waals surface area contributed by atoms with Gasteiger partial charge in [-0.3, -0.25) is 4.79 Å². The van der Waals surface area contributed by atoms with E-state index in [1.54, 1.807) is 18.2 Å². The van der Waals surface area contributed by atoms with Crippen LogP contribution in [0.1, 0.15) is 48.2 Å². The van der Waals surface area contributed by atoms with Gasteiger partial charge in [0.05, 0.1) is 4.88 Å². The van der Waals surface area contributed by atoms with Gasteiger partial charge in [-0.05, 0) is 42.5 Å². The molecule has 1 saturated carbocycles. The van der Waals surface area contributed by atoms with E-state index >= 15 is 0 Å². The third kappa shape index (κ3) is 5.32. The standard InChI is InChI=1S/C19H23N3O2S/c23-18(17-11-6-12-25-17)20-15-9-5-10-16(13-15)22-19(24)21-14-7-3-1-2-4-8-14/h5-6,9-14H,1-4,7-8H2,(H,20,23)(H2,21,22,24). The van der Waals surface area contributed by atoms with E-state index in [4.69, 9.17) is 0 Å². The number of hydrogen-bond donors (Lipinski definition) is 3. The van der Waals surface area contributed by atoms with E-state index in [0.717, 1.165) is 12.8 Å². The summed E-state index contributed by atoms with van der Waals surface area (Å²) >= 11 is 1.39. The molecule has 6 heteroatoms. The first-order chi connectivity index (χ1) is 12.2. The quantitative estimate of drug-likeness (QED) is 0.685. The van der Waals surface area contributed by atoms with Crippen molar-refractivity contribution in [3.8, 4) is 0 Å². The molecule has 5 nitrogen and oxygen atoms in total. The third-order valence-corrected chi connectivity index (χ3v) is 5.18. The molecule has 0 aliphatic heterocycles. The fourth-order valence-corrected chi connectivity index (χ4v) is 3.67. The second-order valence-electron chi connectivity index (χ2n) is 6.30. The minimum atomic E-state index is -0.186. The molecule has 1 aliphatic rings. The molecule has 3 amide bonds. The zero-order valence-corrected chi connectivity index (χ0v) is 14.9. The predicted molar refractivity (Wildman–Crippen MR) is 102 cm³/mol. The minimum absolute atomic E-state index is 0.143. The van der Waals surface area contributed by atoms with Crippen molar-refractivity contribution in [1.82, 2.24) is 5.32 Å². The lowest BCUT2D eigenvalue weighted by Gasteiger charge is -2.17. The highest BCUT2D eigenvalue weighted by atomic mass is 32.1. The van der Waals surface area contributed by atoms with Crippen LogP contribution in [0.3, 0.4) is 0 Å². The van der Waals surface area contributed by atoms with E-state index in [-0.39, 0.29) is 18.0 Å². The van der Waals surface area contributed by atoms with Crippen molar-refractivity contribution in [2.24, 2.45) is 0 Å². The first-order valence-electron chi connectivity index (χ1n) is 8.73. The topological polar surface area (TPSA) is 70.2 Å². The van der Waals surface area contributed by atoms with E-state index in [1.807, 2.05) is 23.6 Å². The van der Waals surface area contributed by atoms with Crippen LogP contribution in [0.15, 0.2) is 41.8 Å². The number of carbonyl (C=O) groups is 2. The van der Waals surface area contributed by atoms with Gasteiger partial charge in [-0.1, -0.05) is 37.8 Å². The summed E-state index contributed by atoms with van der Waals surface area (Å²) in [5.74, 6) is -0.143. The number of carbonyl (C=O) groups excluding carboxylic acids is 2. The van der Waals surface area contributed by atoms with Gasteiger partial charge in [0.2, 0.25) is 0 Å². The highest BCUT2D eigenvalue weighted by Crippen LogP contribution is 2.19. The molecule has 2 aromatic rings. The summed E-state index contributed by atoms with van der Waals surface area (Å²) in [4.78, 5) is 25.0. The summed E-state index contributed by atoms with van der Waals surface area (Å²) in [7, 11) is 0. The number of thiophene rings is 1. The van der Waals surface area contributed by atoms with Crippen LogP contribution in [0.4, 0.5) is 16.2 Å². The van der Waals surface area contributed by atoms with Crippen LogP contribution < -0.4 is 16.0 Å². The van der Waals surface area contributed by atoms with Gasteiger partial charge < -0.3 is 16.0 Å². The van der Waals surface area contributed by atoms with Gasteiger partial charge in [-0.25, -0.2) is 4.79 Å². The van der Waals surface area contributed by atoms with Gasteiger partial charge in [-0.2, -0.15) is 0 Å². The zero-order valence-electron chi connectivity index (χ0n) is 14.1. The van der Waals surface area contributed by atoms with Crippen LogP contribution in [-0.4, -0.2) is 18.0 Å². The van der Waals surface area contributed by atoms with Gasteiger partial charge in [0.1, 0.15) is 0 Å². The Labute approximate surface area is 151 Å². The summed E-state index contributed by atoms with van der Waals surface area (Å²) in [5.41, 5.74) is 1.32. The Kier molecular flexibility index (Phi) is 6.06. The van der Waals surface area contributed by atoms with Crippen molar-refractivity contribution < 1.29 is 9.59 Å². The van der Waals surface area contributed by atoms with Crippen LogP contribution in [0.25, 0.3) is 0 Å². The monoisotopic (exact) mass is 357 g/mol. The van der Waals surface area contributed by atoms with Crippen LogP contribution in [0.5, 0.6) is 0 Å². The van der Waals surface area contributed by atoms with Crippen LogP contribution in [0, 0.1) is 0 Å². The number of nitrogens with one attached hydrogen (secondary N) is 3. The molecule has 1 fully saturated rings. The van der Waals surface area contributed by atoms with Crippen molar-refractivity contribution in [2.45, 2.75) is 44.6 Å². The van der Waals surface area contributed by atoms with Crippen molar-refractivity contribution in [2.75, 3.05) is 10.6 Å². The molecule has 3 rings (SSSR count). The SMILES string of the molecule is O=C(Nc1cccc(NC(=O)c2cccs2)c1)NC1CCCCCC1. The molecule has 1 heterocycles. The van der Waals surface area contributed by atoms with Crippen LogP contribution >= 0.6 is 11.3 Å². The number of urea groups is 1. The van der Waals surface area contributed by atoms with Gasteiger partial charge in [0, 0.05) is 17.4 Å². The maximum absolute atomic E-state index is 12.2. The van der Waals surface area contributed by atoms with Crippen molar-refractivity contribution >= 4 is 34.6 Å². The van der Waals surface area contributed by atoms with Gasteiger partial charge in [-0.15, -0.1) is 11.3 Å². The molecule has 1 aromatic heterocycles. The summed E-state index contributed by atoms with van der Waals surface area (Å²) in [6, 6.07) is 10.9. The smallest absolute Gasteiger partial charge is 0.319 e. The molecule has 25 heavy (non-hydrogen) atoms. The van der Waals surface area contributed by atoms with Gasteiger partial charge in [0.25, 0.3) is 5.91 Å². The van der Waals surface area contributed by atoms with Crippen LogP contribution in [0.2, 0.25) is 0 Å². The second kappa shape index (κ2) is 8.67. The van der Waals surface area contributed by atoms with Gasteiger partial charge >= 0.3 is 6.03 Å². The van der Waals surface area contributed by atoms with Crippen molar-refractivity contribution in [3.05, 3.63) is 46.7 Å². The lowest BCUT2D eigenvalue weighted by molar-refractivity contribution is 0.103. The molecule has 0 unspecified atom stereocenters. The maximum atomic E-state index is 12.2. The zero-order chi connectivity index (χ0) is 17.5. The molecule has 3 N–H and O–H groups in total. The fraction of sp³-hybridized carbons (Fsp3) is 0.368. The number of benzene rings is 1.